The van der Waals surface area contributed by atoms with Crippen LogP contribution >= 0.6 is 0 Å². The number of hydrogen-bond donors (Lipinski definition) is 2. The first-order chi connectivity index (χ1) is 11.1. The van der Waals surface area contributed by atoms with Crippen LogP contribution in [0.15, 0.2) is 12.1 Å². The van der Waals surface area contributed by atoms with Crippen molar-refractivity contribution < 1.29 is 49.7 Å². The quantitative estimate of drug-likeness (QED) is 0.780. The third kappa shape index (κ3) is 4.99. The highest BCUT2D eigenvalue weighted by Gasteiger charge is 2.43. The number of rotatable bonds is 3. The molecular weight excluding hydrogens is 373 g/mol. The molecule has 1 aromatic carbocycles. The molecule has 0 amide bonds. The molecule has 1 aromatic rings. The Balaban J connectivity index is 3.51. The Hall–Kier alpha value is -2.00. The Kier molecular flexibility index (Phi) is 5.66. The van der Waals surface area contributed by atoms with Gasteiger partial charge in [-0.2, -0.15) is 44.8 Å². The van der Waals surface area contributed by atoms with E-state index < -0.39 is 59.4 Å². The van der Waals surface area contributed by atoms with Crippen LogP contribution in [0.1, 0.15) is 34.8 Å². The van der Waals surface area contributed by atoms with Crippen LogP contribution in [0.5, 0.6) is 0 Å². The monoisotopic (exact) mass is 381 g/mol. The van der Waals surface area contributed by atoms with Crippen molar-refractivity contribution in [3.8, 4) is 6.07 Å². The molecule has 0 aliphatic heterocycles. The second-order valence-electron chi connectivity index (χ2n) is 4.91. The fourth-order valence-corrected chi connectivity index (χ4v) is 1.91. The molecule has 0 spiro atoms. The summed E-state index contributed by atoms with van der Waals surface area (Å²) >= 11 is 0. The molecule has 1 rings (SSSR count). The first kappa shape index (κ1) is 21.0. The van der Waals surface area contributed by atoms with Gasteiger partial charge in [0.25, 0.3) is 0 Å². The summed E-state index contributed by atoms with van der Waals surface area (Å²) in [6, 6.07) is 0.649. The summed E-state index contributed by atoms with van der Waals surface area (Å²) in [4.78, 5) is 0. The molecule has 0 radical (unpaired) electrons. The Morgan fingerprint density at radius 2 is 1.28 bits per heavy atom. The summed E-state index contributed by atoms with van der Waals surface area (Å²) in [5.41, 5.74) is -7.05. The van der Waals surface area contributed by atoms with Crippen LogP contribution in [-0.4, -0.2) is 22.5 Å². The molecule has 0 aliphatic rings. The molecule has 2 N–H and O–H groups in total. The largest absolute Gasteiger partial charge is 0.417 e. The van der Waals surface area contributed by atoms with Crippen molar-refractivity contribution in [2.75, 3.05) is 0 Å². The molecule has 0 aromatic heterocycles. The lowest BCUT2D eigenvalue weighted by Crippen LogP contribution is -2.30. The van der Waals surface area contributed by atoms with Gasteiger partial charge in [0.2, 0.25) is 0 Å². The van der Waals surface area contributed by atoms with Gasteiger partial charge >= 0.3 is 18.5 Å². The molecule has 140 valence electrons. The van der Waals surface area contributed by atoms with Crippen LogP contribution in [-0.2, 0) is 12.4 Å². The minimum Gasteiger partial charge on any atom is -0.388 e. The van der Waals surface area contributed by atoms with Gasteiger partial charge in [-0.3, -0.25) is 0 Å². The van der Waals surface area contributed by atoms with Crippen molar-refractivity contribution in [2.24, 2.45) is 0 Å². The second-order valence-corrected chi connectivity index (χ2v) is 4.91. The van der Waals surface area contributed by atoms with Crippen molar-refractivity contribution in [1.82, 2.24) is 0 Å². The van der Waals surface area contributed by atoms with E-state index in [-0.39, 0.29) is 12.1 Å². The van der Waals surface area contributed by atoms with Crippen molar-refractivity contribution in [2.45, 2.75) is 37.2 Å². The van der Waals surface area contributed by atoms with E-state index in [9.17, 15) is 44.6 Å². The molecule has 25 heavy (non-hydrogen) atoms. The summed E-state index contributed by atoms with van der Waals surface area (Å²) in [5, 5.41) is 26.9. The number of hydrogen-bond acceptors (Lipinski definition) is 3. The first-order valence-corrected chi connectivity index (χ1v) is 6.24. The zero-order valence-corrected chi connectivity index (χ0v) is 11.8. The average Bonchev–Trinajstić information content (AvgIpc) is 2.42. The Bertz CT molecular complexity index is 635. The van der Waals surface area contributed by atoms with Crippen molar-refractivity contribution in [1.29, 1.82) is 5.26 Å². The normalized spacial score (nSPS) is 15.6. The van der Waals surface area contributed by atoms with Crippen LogP contribution in [0.2, 0.25) is 0 Å². The highest BCUT2D eigenvalue weighted by atomic mass is 19.4. The molecule has 0 heterocycles. The number of nitrogens with zero attached hydrogens (tertiary/aromatic N) is 1. The van der Waals surface area contributed by atoms with Gasteiger partial charge in [-0.15, -0.1) is 0 Å². The van der Waals surface area contributed by atoms with Crippen LogP contribution < -0.4 is 0 Å². The maximum atomic E-state index is 12.9. The van der Waals surface area contributed by atoms with Gasteiger partial charge in [0, 0.05) is 6.42 Å². The van der Waals surface area contributed by atoms with Crippen LogP contribution in [0.4, 0.5) is 39.5 Å². The standard InChI is InChI=1S/C13H8F9NO2/c14-11(15,16)7-1-5(9(24)3-10(25)13(20,21)22)2-8(6(7)4-23)12(17,18)19/h1-2,9-10,24-25H,3H2. The van der Waals surface area contributed by atoms with Gasteiger partial charge < -0.3 is 10.2 Å². The molecule has 2 unspecified atom stereocenters. The Morgan fingerprint density at radius 3 is 1.56 bits per heavy atom. The van der Waals surface area contributed by atoms with Crippen molar-refractivity contribution >= 4 is 0 Å². The number of aliphatic hydroxyl groups excluding tert-OH is 2. The SMILES string of the molecule is N#Cc1c(C(F)(F)F)cc(C(O)CC(O)C(F)(F)F)cc1C(F)(F)F. The van der Waals surface area contributed by atoms with Gasteiger partial charge in [0.05, 0.1) is 22.8 Å². The number of alkyl halides is 9. The number of benzene rings is 1. The molecular formula is C13H8F9NO2. The maximum Gasteiger partial charge on any atom is 0.417 e. The molecule has 3 nitrogen and oxygen atoms in total. The van der Waals surface area contributed by atoms with E-state index in [1.807, 2.05) is 0 Å². The van der Waals surface area contributed by atoms with E-state index in [4.69, 9.17) is 10.4 Å². The average molecular weight is 381 g/mol. The minimum absolute atomic E-state index is 0.0540. The topological polar surface area (TPSA) is 64.2 Å². The lowest BCUT2D eigenvalue weighted by Gasteiger charge is -2.21. The predicted octanol–water partition coefficient (Wildman–Crippen LogP) is 3.94. The number of halogens is 9. The lowest BCUT2D eigenvalue weighted by atomic mass is 9.93. The summed E-state index contributed by atoms with van der Waals surface area (Å²) in [6.07, 6.45) is -23.3. The van der Waals surface area contributed by atoms with Crippen LogP contribution in [0.25, 0.3) is 0 Å². The third-order valence-corrected chi connectivity index (χ3v) is 3.09. The highest BCUT2D eigenvalue weighted by Crippen LogP contribution is 2.41. The van der Waals surface area contributed by atoms with Gasteiger partial charge in [-0.05, 0) is 17.7 Å². The molecule has 0 saturated heterocycles. The van der Waals surface area contributed by atoms with E-state index in [1.165, 1.54) is 0 Å². The lowest BCUT2D eigenvalue weighted by molar-refractivity contribution is -0.211. The maximum absolute atomic E-state index is 12.9. The van der Waals surface area contributed by atoms with Gasteiger partial charge in [0.15, 0.2) is 6.10 Å². The van der Waals surface area contributed by atoms with Crippen molar-refractivity contribution in [3.63, 3.8) is 0 Å². The smallest absolute Gasteiger partial charge is 0.388 e. The zero-order valence-electron chi connectivity index (χ0n) is 11.8. The highest BCUT2D eigenvalue weighted by molar-refractivity contribution is 5.50. The number of nitriles is 1. The molecule has 0 aliphatic carbocycles. The minimum atomic E-state index is -5.43. The Morgan fingerprint density at radius 1 is 0.880 bits per heavy atom. The summed E-state index contributed by atoms with van der Waals surface area (Å²) < 4.78 is 114. The molecule has 2 atom stereocenters. The van der Waals surface area contributed by atoms with E-state index in [0.717, 1.165) is 6.07 Å². The van der Waals surface area contributed by atoms with Crippen LogP contribution in [0, 0.1) is 11.3 Å². The van der Waals surface area contributed by atoms with E-state index in [1.54, 1.807) is 0 Å². The summed E-state index contributed by atoms with van der Waals surface area (Å²) in [5.74, 6) is 0. The Labute approximate surface area is 133 Å². The molecule has 12 heteroatoms. The summed E-state index contributed by atoms with van der Waals surface area (Å²) in [6.45, 7) is 0. The first-order valence-electron chi connectivity index (χ1n) is 6.24. The number of aliphatic hydroxyl groups is 2. The van der Waals surface area contributed by atoms with Gasteiger partial charge in [-0.1, -0.05) is 0 Å². The fraction of sp³-hybridized carbons (Fsp3) is 0.462. The zero-order chi connectivity index (χ0) is 19.8. The molecule has 0 fully saturated rings. The molecule has 0 bridgehead atoms. The van der Waals surface area contributed by atoms with Gasteiger partial charge in [0.1, 0.15) is 6.07 Å². The third-order valence-electron chi connectivity index (χ3n) is 3.09. The summed E-state index contributed by atoms with van der Waals surface area (Å²) in [7, 11) is 0. The predicted molar refractivity (Wildman–Crippen MR) is 62.8 cm³/mol. The van der Waals surface area contributed by atoms with Crippen LogP contribution in [0.3, 0.4) is 0 Å². The van der Waals surface area contributed by atoms with E-state index in [2.05, 4.69) is 0 Å². The van der Waals surface area contributed by atoms with E-state index in [0.29, 0.717) is 0 Å². The van der Waals surface area contributed by atoms with Gasteiger partial charge in [-0.25, -0.2) is 0 Å². The van der Waals surface area contributed by atoms with Crippen molar-refractivity contribution in [3.05, 3.63) is 34.4 Å². The van der Waals surface area contributed by atoms with E-state index >= 15 is 0 Å². The fourth-order valence-electron chi connectivity index (χ4n) is 1.91. The molecule has 0 saturated carbocycles. The second kappa shape index (κ2) is 6.72.